The monoisotopic (exact) mass is 275 g/mol. The summed E-state index contributed by atoms with van der Waals surface area (Å²) in [5, 5.41) is 8.51. The summed E-state index contributed by atoms with van der Waals surface area (Å²) >= 11 is 5.52. The molecule has 0 saturated heterocycles. The van der Waals surface area contributed by atoms with Crippen LogP contribution < -0.4 is 5.73 Å². The maximum absolute atomic E-state index is 13.1. The number of hydrogen-bond acceptors (Lipinski definition) is 2. The lowest BCUT2D eigenvalue weighted by molar-refractivity contribution is -0.0718. The first kappa shape index (κ1) is 15.5. The van der Waals surface area contributed by atoms with Crippen molar-refractivity contribution in [3.63, 3.8) is 0 Å². The molecule has 1 aromatic carbocycles. The minimum Gasteiger partial charge on any atom is -0.390 e. The van der Waals surface area contributed by atoms with Crippen molar-refractivity contribution in [1.29, 1.82) is 0 Å². The first-order chi connectivity index (χ1) is 6.88. The Morgan fingerprint density at radius 1 is 1.44 bits per heavy atom. The van der Waals surface area contributed by atoms with Crippen LogP contribution in [0.3, 0.4) is 0 Å². The summed E-state index contributed by atoms with van der Waals surface area (Å²) in [6.07, 6.45) is 0. The van der Waals surface area contributed by atoms with E-state index in [4.69, 9.17) is 22.4 Å². The number of aliphatic hydroxyl groups is 1. The molecule has 0 saturated carbocycles. The van der Waals surface area contributed by atoms with Gasteiger partial charge in [0.15, 0.2) is 0 Å². The zero-order chi connectivity index (χ0) is 11.6. The van der Waals surface area contributed by atoms with Gasteiger partial charge in [0.25, 0.3) is 5.92 Å². The molecule has 1 atom stereocenters. The van der Waals surface area contributed by atoms with E-state index in [0.29, 0.717) is 0 Å². The summed E-state index contributed by atoms with van der Waals surface area (Å²) in [4.78, 5) is 0. The Morgan fingerprint density at radius 3 is 2.50 bits per heavy atom. The van der Waals surface area contributed by atoms with E-state index in [1.807, 2.05) is 0 Å². The van der Waals surface area contributed by atoms with Crippen LogP contribution >= 0.6 is 24.0 Å². The molecule has 2 nitrogen and oxygen atoms in total. The summed E-state index contributed by atoms with van der Waals surface area (Å²) < 4.78 is 39.1. The van der Waals surface area contributed by atoms with E-state index in [1.165, 1.54) is 6.07 Å². The summed E-state index contributed by atoms with van der Waals surface area (Å²) in [5.41, 5.74) is 4.73. The lowest BCUT2D eigenvalue weighted by Crippen LogP contribution is -2.36. The minimum absolute atomic E-state index is 0. The van der Waals surface area contributed by atoms with Crippen molar-refractivity contribution in [3.8, 4) is 0 Å². The highest BCUT2D eigenvalue weighted by Gasteiger charge is 2.38. The average Bonchev–Trinajstić information content (AvgIpc) is 2.20. The lowest BCUT2D eigenvalue weighted by atomic mass is 10.0. The summed E-state index contributed by atoms with van der Waals surface area (Å²) in [6.45, 7) is -1.44. The standard InChI is InChI=1S/C9H9ClF3NO.ClH/c10-5-1-2-7(11)6(3-5)8(14)9(12,13)4-15;/h1-3,8,15H,4,14H2;1H/t8-;/m1./s1. The fraction of sp³-hybridized carbons (Fsp3) is 0.333. The first-order valence-electron chi connectivity index (χ1n) is 4.07. The average molecular weight is 276 g/mol. The molecule has 0 bridgehead atoms. The first-order valence-corrected chi connectivity index (χ1v) is 4.45. The van der Waals surface area contributed by atoms with Crippen LogP contribution in [0.5, 0.6) is 0 Å². The quantitative estimate of drug-likeness (QED) is 0.891. The molecule has 0 amide bonds. The summed E-state index contributed by atoms with van der Waals surface area (Å²) in [6, 6.07) is 1.28. The van der Waals surface area contributed by atoms with Crippen LogP contribution in [0, 0.1) is 5.82 Å². The smallest absolute Gasteiger partial charge is 0.289 e. The summed E-state index contributed by atoms with van der Waals surface area (Å²) in [7, 11) is 0. The van der Waals surface area contributed by atoms with Crippen LogP contribution in [0.25, 0.3) is 0 Å². The predicted molar refractivity (Wildman–Crippen MR) is 57.6 cm³/mol. The third-order valence-electron chi connectivity index (χ3n) is 1.96. The van der Waals surface area contributed by atoms with Gasteiger partial charge in [-0.25, -0.2) is 13.2 Å². The number of aliphatic hydroxyl groups excluding tert-OH is 1. The van der Waals surface area contributed by atoms with Crippen molar-refractivity contribution in [3.05, 3.63) is 34.6 Å². The second-order valence-corrected chi connectivity index (χ2v) is 3.50. The largest absolute Gasteiger partial charge is 0.390 e. The normalized spacial score (nSPS) is 13.1. The van der Waals surface area contributed by atoms with Gasteiger partial charge in [0.2, 0.25) is 0 Å². The van der Waals surface area contributed by atoms with Crippen LogP contribution in [0.15, 0.2) is 18.2 Å². The lowest BCUT2D eigenvalue weighted by Gasteiger charge is -2.22. The van der Waals surface area contributed by atoms with E-state index < -0.39 is 30.0 Å². The van der Waals surface area contributed by atoms with Gasteiger partial charge in [-0.05, 0) is 18.2 Å². The number of nitrogens with two attached hydrogens (primary N) is 1. The van der Waals surface area contributed by atoms with Gasteiger partial charge in [0.1, 0.15) is 12.4 Å². The Bertz CT molecular complexity index is 363. The third kappa shape index (κ3) is 3.25. The second-order valence-electron chi connectivity index (χ2n) is 3.06. The van der Waals surface area contributed by atoms with Crippen molar-refractivity contribution in [2.45, 2.75) is 12.0 Å². The molecule has 0 spiro atoms. The molecule has 1 aromatic rings. The van der Waals surface area contributed by atoms with Crippen molar-refractivity contribution in [2.75, 3.05) is 6.61 Å². The fourth-order valence-corrected chi connectivity index (χ4v) is 1.26. The highest BCUT2D eigenvalue weighted by molar-refractivity contribution is 6.30. The van der Waals surface area contributed by atoms with Crippen LogP contribution in [0.1, 0.15) is 11.6 Å². The molecule has 0 aliphatic heterocycles. The van der Waals surface area contributed by atoms with Crippen LogP contribution in [0.2, 0.25) is 5.02 Å². The Morgan fingerprint density at radius 2 is 2.00 bits per heavy atom. The van der Waals surface area contributed by atoms with E-state index in [-0.39, 0.29) is 17.4 Å². The van der Waals surface area contributed by atoms with Crippen molar-refractivity contribution in [1.82, 2.24) is 0 Å². The molecule has 0 unspecified atom stereocenters. The predicted octanol–water partition coefficient (Wildman–Crippen LogP) is 2.53. The highest BCUT2D eigenvalue weighted by Crippen LogP contribution is 2.31. The molecule has 0 aromatic heterocycles. The molecule has 0 radical (unpaired) electrons. The van der Waals surface area contributed by atoms with Crippen LogP contribution in [0.4, 0.5) is 13.2 Å². The molecule has 0 aliphatic carbocycles. The van der Waals surface area contributed by atoms with Crippen LogP contribution in [-0.4, -0.2) is 17.6 Å². The van der Waals surface area contributed by atoms with Crippen molar-refractivity contribution >= 4 is 24.0 Å². The van der Waals surface area contributed by atoms with Gasteiger partial charge in [-0.2, -0.15) is 0 Å². The van der Waals surface area contributed by atoms with E-state index in [2.05, 4.69) is 0 Å². The van der Waals surface area contributed by atoms with Gasteiger partial charge in [0, 0.05) is 10.6 Å². The maximum atomic E-state index is 13.1. The second kappa shape index (κ2) is 5.72. The highest BCUT2D eigenvalue weighted by atomic mass is 35.5. The van der Waals surface area contributed by atoms with Gasteiger partial charge < -0.3 is 10.8 Å². The molecule has 0 heterocycles. The Labute approximate surface area is 102 Å². The van der Waals surface area contributed by atoms with Crippen molar-refractivity contribution < 1.29 is 18.3 Å². The Balaban J connectivity index is 0.00000225. The number of hydrogen-bond donors (Lipinski definition) is 2. The van der Waals surface area contributed by atoms with E-state index in [0.717, 1.165) is 12.1 Å². The van der Waals surface area contributed by atoms with Gasteiger partial charge in [0.05, 0.1) is 6.04 Å². The number of benzene rings is 1. The van der Waals surface area contributed by atoms with Gasteiger partial charge in [-0.3, -0.25) is 0 Å². The Hall–Kier alpha value is -0.490. The maximum Gasteiger partial charge on any atom is 0.289 e. The van der Waals surface area contributed by atoms with Crippen LogP contribution in [-0.2, 0) is 0 Å². The zero-order valence-electron chi connectivity index (χ0n) is 7.96. The number of alkyl halides is 2. The SMILES string of the molecule is Cl.N[C@H](c1cc(Cl)ccc1F)C(F)(F)CO. The molecule has 3 N–H and O–H groups in total. The van der Waals surface area contributed by atoms with E-state index in [9.17, 15) is 13.2 Å². The fourth-order valence-electron chi connectivity index (χ4n) is 1.08. The van der Waals surface area contributed by atoms with Crippen molar-refractivity contribution in [2.24, 2.45) is 5.73 Å². The zero-order valence-corrected chi connectivity index (χ0v) is 9.53. The Kier molecular flexibility index (Phi) is 5.55. The topological polar surface area (TPSA) is 46.2 Å². The number of rotatable bonds is 3. The van der Waals surface area contributed by atoms with E-state index >= 15 is 0 Å². The summed E-state index contributed by atoms with van der Waals surface area (Å²) in [5.74, 6) is -4.45. The molecule has 1 rings (SSSR count). The van der Waals surface area contributed by atoms with Gasteiger partial charge in [-0.1, -0.05) is 11.6 Å². The van der Waals surface area contributed by atoms with Gasteiger partial charge >= 0.3 is 0 Å². The molecule has 0 fully saturated rings. The minimum atomic E-state index is -3.58. The van der Waals surface area contributed by atoms with E-state index in [1.54, 1.807) is 0 Å². The molecule has 92 valence electrons. The molecule has 0 aliphatic rings. The molecule has 16 heavy (non-hydrogen) atoms. The van der Waals surface area contributed by atoms with Gasteiger partial charge in [-0.15, -0.1) is 12.4 Å². The molecule has 7 heteroatoms. The third-order valence-corrected chi connectivity index (χ3v) is 2.19. The molecular formula is C9H10Cl2F3NO. The number of halogens is 5. The molecular weight excluding hydrogens is 266 g/mol.